The van der Waals surface area contributed by atoms with Crippen LogP contribution >= 0.6 is 0 Å². The lowest BCUT2D eigenvalue weighted by molar-refractivity contribution is -0.122. The zero-order valence-electron chi connectivity index (χ0n) is 25.1. The highest BCUT2D eigenvalue weighted by molar-refractivity contribution is 6.09. The van der Waals surface area contributed by atoms with E-state index in [9.17, 15) is 19.1 Å². The number of benzene rings is 2. The molecule has 46 heavy (non-hydrogen) atoms. The van der Waals surface area contributed by atoms with Gasteiger partial charge in [0.2, 0.25) is 11.7 Å². The number of allylic oxidation sites excluding steroid dienone is 2. The minimum absolute atomic E-state index is 0.0243. The number of ether oxygens (including phenoxy) is 1. The Bertz CT molecular complexity index is 1780. The SMILES string of the molecule is Cc1cc(NC2=CCC=Cn3c(-c4ccc(OCC#N)c(F)c4F)cnc32)ccc1C(=O)CC(=N)CCNC(=O)[C@@H]1C[C@@H](O)CN1. The second kappa shape index (κ2) is 14.3. The van der Waals surface area contributed by atoms with Gasteiger partial charge in [-0.05, 0) is 55.7 Å². The zero-order valence-corrected chi connectivity index (χ0v) is 25.1. The molecule has 5 N–H and O–H groups in total. The Morgan fingerprint density at radius 2 is 2.09 bits per heavy atom. The molecule has 2 aromatic carbocycles. The Morgan fingerprint density at radius 1 is 1.26 bits per heavy atom. The van der Waals surface area contributed by atoms with Crippen molar-refractivity contribution in [1.29, 1.82) is 10.7 Å². The van der Waals surface area contributed by atoms with E-state index in [1.165, 1.54) is 18.3 Å². The Hall–Kier alpha value is -5.19. The fraction of sp³-hybridized carbons (Fsp3) is 0.303. The number of hydrogen-bond donors (Lipinski definition) is 5. The minimum Gasteiger partial charge on any atom is -0.476 e. The second-order valence-corrected chi connectivity index (χ2v) is 11.0. The van der Waals surface area contributed by atoms with Crippen molar-refractivity contribution in [2.45, 2.75) is 44.8 Å². The van der Waals surface area contributed by atoms with E-state index in [0.717, 1.165) is 0 Å². The number of carbonyl (C=O) groups excluding carboxylic acids is 2. The van der Waals surface area contributed by atoms with Crippen molar-refractivity contribution in [2.75, 3.05) is 25.0 Å². The third kappa shape index (κ3) is 7.20. The number of aliphatic hydroxyl groups is 1. The van der Waals surface area contributed by atoms with Crippen LogP contribution in [0.1, 0.15) is 47.4 Å². The fourth-order valence-electron chi connectivity index (χ4n) is 5.38. The smallest absolute Gasteiger partial charge is 0.237 e. The molecule has 1 fully saturated rings. The molecule has 3 aromatic rings. The first kappa shape index (κ1) is 32.2. The molecule has 1 aromatic heterocycles. The molecule has 0 aliphatic carbocycles. The number of hydrogen-bond acceptors (Lipinski definition) is 9. The number of ketones is 1. The normalized spacial score (nSPS) is 17.0. The summed E-state index contributed by atoms with van der Waals surface area (Å²) in [6.45, 7) is 1.99. The summed E-state index contributed by atoms with van der Waals surface area (Å²) in [7, 11) is 0. The van der Waals surface area contributed by atoms with E-state index < -0.39 is 30.4 Å². The first-order chi connectivity index (χ1) is 22.2. The van der Waals surface area contributed by atoms with Crippen LogP contribution in [0.5, 0.6) is 5.75 Å². The number of anilines is 1. The lowest BCUT2D eigenvalue weighted by atomic mass is 9.99. The van der Waals surface area contributed by atoms with Gasteiger partial charge in [-0.25, -0.2) is 9.37 Å². The summed E-state index contributed by atoms with van der Waals surface area (Å²) < 4.78 is 36.3. The quantitative estimate of drug-likeness (QED) is 0.147. The summed E-state index contributed by atoms with van der Waals surface area (Å²) in [6.07, 6.45) is 7.43. The number of amides is 1. The van der Waals surface area contributed by atoms with Crippen molar-refractivity contribution in [3.8, 4) is 23.1 Å². The molecule has 0 radical (unpaired) electrons. The number of halogens is 2. The topological polar surface area (TPSA) is 165 Å². The van der Waals surface area contributed by atoms with Crippen LogP contribution in [0, 0.1) is 35.3 Å². The largest absolute Gasteiger partial charge is 0.476 e. The molecule has 238 valence electrons. The monoisotopic (exact) mass is 629 g/mol. The summed E-state index contributed by atoms with van der Waals surface area (Å²) in [4.78, 5) is 29.6. The van der Waals surface area contributed by atoms with Gasteiger partial charge in [-0.1, -0.05) is 12.2 Å². The van der Waals surface area contributed by atoms with Crippen LogP contribution in [-0.2, 0) is 4.79 Å². The average molecular weight is 630 g/mol. The number of nitrogens with zero attached hydrogens (tertiary/aromatic N) is 3. The van der Waals surface area contributed by atoms with E-state index in [4.69, 9.17) is 15.4 Å². The Labute approximate surface area is 264 Å². The average Bonchev–Trinajstić information content (AvgIpc) is 3.60. The van der Waals surface area contributed by atoms with E-state index in [1.807, 2.05) is 18.2 Å². The van der Waals surface area contributed by atoms with Crippen molar-refractivity contribution in [3.63, 3.8) is 0 Å². The van der Waals surface area contributed by atoms with Gasteiger partial charge < -0.3 is 31.2 Å². The van der Waals surface area contributed by atoms with E-state index in [0.29, 0.717) is 53.4 Å². The number of fused-ring (bicyclic) bond motifs is 1. The number of rotatable bonds is 12. The lowest BCUT2D eigenvalue weighted by Crippen LogP contribution is -2.41. The first-order valence-electron chi connectivity index (χ1n) is 14.7. The van der Waals surface area contributed by atoms with Crippen LogP contribution in [-0.4, -0.2) is 63.9 Å². The molecule has 11 nitrogen and oxygen atoms in total. The van der Waals surface area contributed by atoms with Gasteiger partial charge in [-0.15, -0.1) is 0 Å². The van der Waals surface area contributed by atoms with Crippen LogP contribution in [0.15, 0.2) is 48.7 Å². The molecule has 2 aliphatic rings. The van der Waals surface area contributed by atoms with Crippen molar-refractivity contribution in [2.24, 2.45) is 0 Å². The molecule has 0 bridgehead atoms. The van der Waals surface area contributed by atoms with Crippen LogP contribution in [0.2, 0.25) is 0 Å². The van der Waals surface area contributed by atoms with Crippen molar-refractivity contribution in [3.05, 3.63) is 77.3 Å². The van der Waals surface area contributed by atoms with Crippen molar-refractivity contribution < 1.29 is 28.2 Å². The third-order valence-electron chi connectivity index (χ3n) is 7.70. The molecule has 3 heterocycles. The maximum atomic E-state index is 15.1. The summed E-state index contributed by atoms with van der Waals surface area (Å²) >= 11 is 0. The van der Waals surface area contributed by atoms with E-state index in [2.05, 4.69) is 20.9 Å². The maximum Gasteiger partial charge on any atom is 0.237 e. The van der Waals surface area contributed by atoms with Gasteiger partial charge in [0.05, 0.1) is 29.7 Å². The summed E-state index contributed by atoms with van der Waals surface area (Å²) in [5.74, 6) is -2.64. The number of β-amino-alcohol motifs (C(OH)–C–C–N with tert-alkyl or cyclic N) is 1. The van der Waals surface area contributed by atoms with Crippen LogP contribution in [0.4, 0.5) is 14.5 Å². The van der Waals surface area contributed by atoms with E-state index >= 15 is 4.39 Å². The van der Waals surface area contributed by atoms with Gasteiger partial charge in [0, 0.05) is 54.7 Å². The third-order valence-corrected chi connectivity index (χ3v) is 7.70. The minimum atomic E-state index is -1.19. The van der Waals surface area contributed by atoms with Gasteiger partial charge in [0.15, 0.2) is 29.8 Å². The van der Waals surface area contributed by atoms with Gasteiger partial charge >= 0.3 is 0 Å². The van der Waals surface area contributed by atoms with E-state index in [-0.39, 0.29) is 48.1 Å². The Kier molecular flexibility index (Phi) is 10.00. The van der Waals surface area contributed by atoms with Gasteiger partial charge in [-0.2, -0.15) is 9.65 Å². The van der Waals surface area contributed by atoms with Crippen molar-refractivity contribution in [1.82, 2.24) is 20.2 Å². The molecule has 5 rings (SSSR count). The van der Waals surface area contributed by atoms with Crippen LogP contribution in [0.3, 0.4) is 0 Å². The molecule has 1 saturated heterocycles. The van der Waals surface area contributed by atoms with Crippen LogP contribution in [0.25, 0.3) is 23.2 Å². The molecule has 0 unspecified atom stereocenters. The van der Waals surface area contributed by atoms with Gasteiger partial charge in [0.1, 0.15) is 6.07 Å². The number of aliphatic hydroxyl groups excluding tert-OH is 1. The molecular weight excluding hydrogens is 596 g/mol. The molecule has 2 atom stereocenters. The fourth-order valence-corrected chi connectivity index (χ4v) is 5.38. The molecular formula is C33H33F2N7O4. The highest BCUT2D eigenvalue weighted by Crippen LogP contribution is 2.33. The molecule has 0 saturated carbocycles. The lowest BCUT2D eigenvalue weighted by Gasteiger charge is -2.14. The number of imidazole rings is 1. The molecule has 2 aliphatic heterocycles. The van der Waals surface area contributed by atoms with Crippen LogP contribution < -0.4 is 20.7 Å². The molecule has 0 spiro atoms. The molecule has 1 amide bonds. The van der Waals surface area contributed by atoms with Gasteiger partial charge in [0.25, 0.3) is 0 Å². The summed E-state index contributed by atoms with van der Waals surface area (Å²) in [5, 5.41) is 35.5. The summed E-state index contributed by atoms with van der Waals surface area (Å²) in [5.41, 5.74) is 2.97. The Balaban J connectivity index is 1.23. The zero-order chi connectivity index (χ0) is 32.8. The number of aromatic nitrogens is 2. The van der Waals surface area contributed by atoms with Gasteiger partial charge in [-0.3, -0.25) is 14.2 Å². The highest BCUT2D eigenvalue weighted by atomic mass is 19.2. The maximum absolute atomic E-state index is 15.1. The predicted octanol–water partition coefficient (Wildman–Crippen LogP) is 4.19. The predicted molar refractivity (Wildman–Crippen MR) is 168 cm³/mol. The second-order valence-electron chi connectivity index (χ2n) is 11.0. The molecule has 13 heteroatoms. The van der Waals surface area contributed by atoms with E-state index in [1.54, 1.807) is 35.9 Å². The number of carbonyl (C=O) groups is 2. The highest BCUT2D eigenvalue weighted by Gasteiger charge is 2.28. The number of Topliss-reactive ketones (excluding diaryl/α,β-unsaturated/α-hetero) is 1. The van der Waals surface area contributed by atoms with Crippen molar-refractivity contribution >= 4 is 35.0 Å². The first-order valence-corrected chi connectivity index (χ1v) is 14.7. The Morgan fingerprint density at radius 3 is 2.83 bits per heavy atom. The number of nitrogens with one attached hydrogen (secondary N) is 4. The summed E-state index contributed by atoms with van der Waals surface area (Å²) in [6, 6.07) is 9.16. The number of aryl methyl sites for hydroxylation is 1. The number of nitriles is 1. The standard InChI is InChI=1S/C33H33F2N7O4/c1-19-14-21(5-6-23(19)28(44)15-20(37)9-11-38-33(45)26-16-22(43)17-39-26)41-25-4-2-3-12-42-27(18-40-32(25)42)24-7-8-29(46-13-10-36)31(35)30(24)34/h3-8,12,14,18,22,26,37,39,41,43H,2,9,11,13,15-17H2,1H3,(H,38,45)/t22-,26+/m1/s1.